The monoisotopic (exact) mass is 287 g/mol. The topological polar surface area (TPSA) is 29.1 Å². The molecule has 0 fully saturated rings. The molecule has 1 atom stereocenters. The number of hydrogen-bond acceptors (Lipinski definition) is 1. The van der Waals surface area contributed by atoms with Crippen LogP contribution in [0.2, 0.25) is 0 Å². The zero-order valence-corrected chi connectivity index (χ0v) is 9.04. The Kier molecular flexibility index (Phi) is 3.54. The van der Waals surface area contributed by atoms with Crippen LogP contribution in [0.5, 0.6) is 0 Å². The van der Waals surface area contributed by atoms with Crippen molar-refractivity contribution in [3.63, 3.8) is 0 Å². The third-order valence-corrected chi connectivity index (χ3v) is 2.64. The highest BCUT2D eigenvalue weighted by atomic mass is 79.9. The van der Waals surface area contributed by atoms with Crippen LogP contribution in [0, 0.1) is 0 Å². The average molecular weight is 288 g/mol. The van der Waals surface area contributed by atoms with Gasteiger partial charge in [-0.2, -0.15) is 13.2 Å². The number of hydrogen-bond donors (Lipinski definition) is 1. The molecule has 14 heavy (non-hydrogen) atoms. The Bertz CT molecular complexity index is 338. The standard InChI is InChI=1S/C7H5BrF3NOS/c8-5-1-3-6(4-2-5)12-14(13)7(9,10)11/h1-4,12H. The van der Waals surface area contributed by atoms with E-state index in [1.807, 2.05) is 4.72 Å². The molecule has 0 saturated heterocycles. The van der Waals surface area contributed by atoms with E-state index in [0.717, 1.165) is 4.47 Å². The first-order valence-electron chi connectivity index (χ1n) is 3.40. The molecule has 7 heteroatoms. The highest BCUT2D eigenvalue weighted by Crippen LogP contribution is 2.22. The SMILES string of the molecule is O=S(Nc1ccc(Br)cc1)C(F)(F)F. The normalized spacial score (nSPS) is 13.7. The molecule has 0 spiro atoms. The molecule has 1 aromatic carbocycles. The van der Waals surface area contributed by atoms with Crippen LogP contribution in [0.25, 0.3) is 0 Å². The summed E-state index contributed by atoms with van der Waals surface area (Å²) in [5.74, 6) is 0. The Morgan fingerprint density at radius 3 is 2.14 bits per heavy atom. The van der Waals surface area contributed by atoms with E-state index >= 15 is 0 Å². The van der Waals surface area contributed by atoms with E-state index in [9.17, 15) is 17.4 Å². The molecular formula is C7H5BrF3NOS. The van der Waals surface area contributed by atoms with Gasteiger partial charge < -0.3 is 0 Å². The van der Waals surface area contributed by atoms with Gasteiger partial charge in [-0.3, -0.25) is 4.72 Å². The van der Waals surface area contributed by atoms with Crippen LogP contribution in [0.4, 0.5) is 18.9 Å². The summed E-state index contributed by atoms with van der Waals surface area (Å²) in [5, 5.41) is 0. The maximum atomic E-state index is 11.8. The molecule has 1 rings (SSSR count). The smallest absolute Gasteiger partial charge is 0.298 e. The third kappa shape index (κ3) is 3.30. The number of halogens is 4. The summed E-state index contributed by atoms with van der Waals surface area (Å²) in [5.41, 5.74) is -4.59. The van der Waals surface area contributed by atoms with Crippen LogP contribution in [-0.2, 0) is 11.0 Å². The molecule has 0 radical (unpaired) electrons. The predicted octanol–water partition coefficient (Wildman–Crippen LogP) is 3.04. The summed E-state index contributed by atoms with van der Waals surface area (Å²) >= 11 is 3.13. The molecule has 0 heterocycles. The number of rotatable bonds is 2. The lowest BCUT2D eigenvalue weighted by Gasteiger charge is -2.08. The first-order valence-corrected chi connectivity index (χ1v) is 5.35. The fourth-order valence-corrected chi connectivity index (χ4v) is 1.41. The van der Waals surface area contributed by atoms with Crippen LogP contribution in [0.3, 0.4) is 0 Å². The largest absolute Gasteiger partial charge is 0.490 e. The minimum atomic E-state index is -4.74. The van der Waals surface area contributed by atoms with Gasteiger partial charge >= 0.3 is 5.51 Å². The summed E-state index contributed by atoms with van der Waals surface area (Å²) in [6.07, 6.45) is 0. The average Bonchev–Trinajstić information content (AvgIpc) is 2.07. The van der Waals surface area contributed by atoms with Crippen molar-refractivity contribution < 1.29 is 17.4 Å². The molecule has 1 unspecified atom stereocenters. The minimum absolute atomic E-state index is 0.156. The molecule has 0 saturated carbocycles. The van der Waals surface area contributed by atoms with E-state index in [-0.39, 0.29) is 5.69 Å². The van der Waals surface area contributed by atoms with Crippen molar-refractivity contribution in [3.8, 4) is 0 Å². The first-order chi connectivity index (χ1) is 6.39. The van der Waals surface area contributed by atoms with Gasteiger partial charge in [-0.15, -0.1) is 0 Å². The van der Waals surface area contributed by atoms with Gasteiger partial charge in [-0.1, -0.05) is 15.9 Å². The van der Waals surface area contributed by atoms with Gasteiger partial charge in [0.15, 0.2) is 0 Å². The fourth-order valence-electron chi connectivity index (χ4n) is 0.683. The number of alkyl halides is 3. The molecule has 78 valence electrons. The number of anilines is 1. The molecule has 0 aliphatic rings. The lowest BCUT2D eigenvalue weighted by molar-refractivity contribution is -0.0379. The zero-order chi connectivity index (χ0) is 10.8. The second-order valence-corrected chi connectivity index (χ2v) is 4.44. The van der Waals surface area contributed by atoms with Crippen molar-refractivity contribution in [2.24, 2.45) is 0 Å². The van der Waals surface area contributed by atoms with Crippen LogP contribution >= 0.6 is 15.9 Å². The second-order valence-electron chi connectivity index (χ2n) is 2.32. The van der Waals surface area contributed by atoms with Crippen molar-refractivity contribution in [3.05, 3.63) is 28.7 Å². The summed E-state index contributed by atoms with van der Waals surface area (Å²) < 4.78 is 48.7. The lowest BCUT2D eigenvalue weighted by Crippen LogP contribution is -2.22. The molecule has 0 amide bonds. The van der Waals surface area contributed by atoms with E-state index in [0.29, 0.717) is 0 Å². The van der Waals surface area contributed by atoms with Crippen LogP contribution in [0.1, 0.15) is 0 Å². The predicted molar refractivity (Wildman–Crippen MR) is 52.0 cm³/mol. The summed E-state index contributed by atoms with van der Waals surface area (Å²) in [6, 6.07) is 5.90. The molecule has 0 aliphatic heterocycles. The molecule has 0 bridgehead atoms. The quantitative estimate of drug-likeness (QED) is 0.890. The van der Waals surface area contributed by atoms with Crippen molar-refractivity contribution in [1.82, 2.24) is 0 Å². The third-order valence-electron chi connectivity index (χ3n) is 1.26. The first kappa shape index (κ1) is 11.5. The van der Waals surface area contributed by atoms with Gasteiger partial charge in [0.1, 0.15) is 0 Å². The Morgan fingerprint density at radius 2 is 1.71 bits per heavy atom. The Morgan fingerprint density at radius 1 is 1.21 bits per heavy atom. The van der Waals surface area contributed by atoms with Crippen LogP contribution in [0.15, 0.2) is 28.7 Å². The van der Waals surface area contributed by atoms with E-state index in [2.05, 4.69) is 15.9 Å². The van der Waals surface area contributed by atoms with Crippen LogP contribution < -0.4 is 4.72 Å². The summed E-state index contributed by atoms with van der Waals surface area (Å²) in [7, 11) is -3.06. The van der Waals surface area contributed by atoms with Gasteiger partial charge in [-0.05, 0) is 24.3 Å². The maximum Gasteiger partial charge on any atom is 0.490 e. The zero-order valence-electron chi connectivity index (χ0n) is 6.64. The second kappa shape index (κ2) is 4.31. The summed E-state index contributed by atoms with van der Waals surface area (Å²) in [4.78, 5) is 0. The van der Waals surface area contributed by atoms with Gasteiger partial charge in [0.05, 0.1) is 0 Å². The molecule has 1 aromatic rings. The highest BCUT2D eigenvalue weighted by Gasteiger charge is 2.37. The van der Waals surface area contributed by atoms with Gasteiger partial charge in [-0.25, -0.2) is 4.21 Å². The molecule has 1 N–H and O–H groups in total. The maximum absolute atomic E-state index is 11.8. The van der Waals surface area contributed by atoms with Crippen molar-refractivity contribution >= 4 is 32.6 Å². The van der Waals surface area contributed by atoms with Gasteiger partial charge in [0.25, 0.3) is 0 Å². The lowest BCUT2D eigenvalue weighted by atomic mass is 10.3. The van der Waals surface area contributed by atoms with E-state index < -0.39 is 16.5 Å². The number of nitrogens with one attached hydrogen (secondary N) is 1. The molecule has 0 aromatic heterocycles. The molecular weight excluding hydrogens is 283 g/mol. The fraction of sp³-hybridized carbons (Fsp3) is 0.143. The summed E-state index contributed by atoms with van der Waals surface area (Å²) in [6.45, 7) is 0. The van der Waals surface area contributed by atoms with Crippen molar-refractivity contribution in [2.45, 2.75) is 5.51 Å². The van der Waals surface area contributed by atoms with Gasteiger partial charge in [0.2, 0.25) is 11.0 Å². The van der Waals surface area contributed by atoms with Crippen molar-refractivity contribution in [1.29, 1.82) is 0 Å². The highest BCUT2D eigenvalue weighted by molar-refractivity contribution is 9.10. The van der Waals surface area contributed by atoms with E-state index in [1.54, 1.807) is 12.1 Å². The van der Waals surface area contributed by atoms with Crippen molar-refractivity contribution in [2.75, 3.05) is 4.72 Å². The Hall–Kier alpha value is -0.560. The van der Waals surface area contributed by atoms with Crippen LogP contribution in [-0.4, -0.2) is 9.72 Å². The minimum Gasteiger partial charge on any atom is -0.298 e. The van der Waals surface area contributed by atoms with E-state index in [4.69, 9.17) is 0 Å². The Labute approximate surface area is 89.2 Å². The number of benzene rings is 1. The Balaban J connectivity index is 2.71. The van der Waals surface area contributed by atoms with Gasteiger partial charge in [0, 0.05) is 10.2 Å². The molecule has 0 aliphatic carbocycles. The van der Waals surface area contributed by atoms with E-state index in [1.165, 1.54) is 12.1 Å². The molecule has 2 nitrogen and oxygen atoms in total.